The van der Waals surface area contributed by atoms with E-state index in [-0.39, 0.29) is 58.9 Å². The number of aryl methyl sites for hydroxylation is 2. The van der Waals surface area contributed by atoms with Crippen molar-refractivity contribution in [3.8, 4) is 45.8 Å². The molecule has 2 saturated carbocycles. The Morgan fingerprint density at radius 1 is 0.566 bits per heavy atom. The molecule has 2 spiro atoms. The largest absolute Gasteiger partial charge is 0.481 e. The molecule has 0 unspecified atom stereocenters. The van der Waals surface area contributed by atoms with Crippen LogP contribution in [-0.2, 0) is 55.9 Å². The molecule has 2 fully saturated rings. The highest BCUT2D eigenvalue weighted by molar-refractivity contribution is 5.79. The first-order valence-corrected chi connectivity index (χ1v) is 25.6. The summed E-state index contributed by atoms with van der Waals surface area (Å²) in [4.78, 5) is 40.1. The van der Waals surface area contributed by atoms with Crippen molar-refractivity contribution in [3.05, 3.63) is 142 Å². The van der Waals surface area contributed by atoms with Gasteiger partial charge in [0.1, 0.15) is 24.8 Å². The topological polar surface area (TPSA) is 182 Å². The number of carboxylic acids is 2. The van der Waals surface area contributed by atoms with Gasteiger partial charge in [0.2, 0.25) is 23.5 Å². The van der Waals surface area contributed by atoms with Crippen molar-refractivity contribution >= 4 is 11.9 Å². The summed E-state index contributed by atoms with van der Waals surface area (Å²) in [5, 5.41) is 19.1. The van der Waals surface area contributed by atoms with Crippen LogP contribution in [0.2, 0.25) is 0 Å². The summed E-state index contributed by atoms with van der Waals surface area (Å²) >= 11 is 0. The molecule has 76 heavy (non-hydrogen) atoms. The van der Waals surface area contributed by atoms with Gasteiger partial charge in [0, 0.05) is 72.8 Å². The lowest BCUT2D eigenvalue weighted by Crippen LogP contribution is -2.21. The second-order valence-electron chi connectivity index (χ2n) is 22.7. The Hall–Kier alpha value is -7.04. The SMILES string of the molecule is COc1cc(-c2ccc(COc3cc4c(cn3)CC[C@@]43C[C@@H]3C(=O)O)cc2[C@@H](OC)C(C)(C)C)c(F)cn1.COc1cc(-c2ccc(COc3cc4c(cn3)CC[C@@]43C[C@@H]3C(=O)O)cc2[C@H](OC)C(C)(C)C)c(F)cn1. The van der Waals surface area contributed by atoms with E-state index >= 15 is 0 Å². The Kier molecular flexibility index (Phi) is 14.7. The van der Waals surface area contributed by atoms with Crippen molar-refractivity contribution in [2.75, 3.05) is 28.4 Å². The zero-order valence-corrected chi connectivity index (χ0v) is 44.8. The van der Waals surface area contributed by atoms with Crippen LogP contribution in [-0.4, -0.2) is 70.5 Å². The van der Waals surface area contributed by atoms with Crippen LogP contribution < -0.4 is 18.9 Å². The summed E-state index contributed by atoms with van der Waals surface area (Å²) in [6.07, 6.45) is 10.0. The summed E-state index contributed by atoms with van der Waals surface area (Å²) < 4.78 is 64.4. The van der Waals surface area contributed by atoms with Gasteiger partial charge in [-0.15, -0.1) is 0 Å². The molecule has 0 aliphatic heterocycles. The van der Waals surface area contributed by atoms with Crippen LogP contribution in [0.25, 0.3) is 22.3 Å². The minimum Gasteiger partial charge on any atom is -0.481 e. The second kappa shape index (κ2) is 20.8. The van der Waals surface area contributed by atoms with Gasteiger partial charge in [0.05, 0.1) is 50.7 Å². The molecule has 400 valence electrons. The Bertz CT molecular complexity index is 2980. The van der Waals surface area contributed by atoms with Crippen LogP contribution in [0.1, 0.15) is 124 Å². The number of halogens is 2. The van der Waals surface area contributed by atoms with E-state index in [4.69, 9.17) is 28.4 Å². The maximum atomic E-state index is 14.9. The maximum absolute atomic E-state index is 14.9. The Balaban J connectivity index is 0.000000186. The van der Waals surface area contributed by atoms with Gasteiger partial charge >= 0.3 is 11.9 Å². The number of nitrogens with zero attached hydrogens (tertiary/aromatic N) is 4. The number of hydrogen-bond donors (Lipinski definition) is 2. The normalized spacial score (nSPS) is 20.7. The summed E-state index contributed by atoms with van der Waals surface area (Å²) in [6, 6.07) is 18.5. The molecule has 14 nitrogen and oxygen atoms in total. The lowest BCUT2D eigenvalue weighted by molar-refractivity contribution is -0.140. The highest BCUT2D eigenvalue weighted by Crippen LogP contribution is 2.63. The predicted octanol–water partition coefficient (Wildman–Crippen LogP) is 11.8. The zero-order valence-electron chi connectivity index (χ0n) is 44.8. The first kappa shape index (κ1) is 53.8. The van der Waals surface area contributed by atoms with Crippen LogP contribution >= 0.6 is 0 Å². The summed E-state index contributed by atoms with van der Waals surface area (Å²) in [5.74, 6) is -1.44. The molecule has 4 aromatic heterocycles. The first-order valence-electron chi connectivity index (χ1n) is 25.6. The Labute approximate surface area is 442 Å². The van der Waals surface area contributed by atoms with Crippen molar-refractivity contribution in [2.24, 2.45) is 22.7 Å². The van der Waals surface area contributed by atoms with Crippen molar-refractivity contribution in [1.29, 1.82) is 0 Å². The number of methoxy groups -OCH3 is 4. The molecule has 6 atom stereocenters. The minimum atomic E-state index is -0.737. The van der Waals surface area contributed by atoms with Gasteiger partial charge in [0.25, 0.3) is 0 Å². The van der Waals surface area contributed by atoms with E-state index < -0.39 is 23.6 Å². The van der Waals surface area contributed by atoms with Crippen LogP contribution in [0.4, 0.5) is 8.78 Å². The number of fused-ring (bicyclic) bond motifs is 4. The third kappa shape index (κ3) is 10.5. The van der Waals surface area contributed by atoms with Gasteiger partial charge in [-0.1, -0.05) is 65.8 Å². The molecule has 6 aromatic rings. The highest BCUT2D eigenvalue weighted by Gasteiger charge is 2.63. The summed E-state index contributed by atoms with van der Waals surface area (Å²) in [5.41, 5.74) is 8.82. The number of carbonyl (C=O) groups is 2. The third-order valence-corrected chi connectivity index (χ3v) is 15.7. The number of carboxylic acid groups (broad SMARTS) is 2. The van der Waals surface area contributed by atoms with E-state index in [1.54, 1.807) is 26.4 Å². The van der Waals surface area contributed by atoms with Gasteiger partial charge < -0.3 is 38.6 Å². The molecule has 0 amide bonds. The van der Waals surface area contributed by atoms with Crippen LogP contribution in [0.3, 0.4) is 0 Å². The lowest BCUT2D eigenvalue weighted by atomic mass is 9.81. The van der Waals surface area contributed by atoms with Crippen LogP contribution in [0, 0.1) is 34.3 Å². The monoisotopic (exact) mass is 1040 g/mol. The van der Waals surface area contributed by atoms with Gasteiger partial charge in [-0.05, 0) is 117 Å². The summed E-state index contributed by atoms with van der Waals surface area (Å²) in [7, 11) is 6.30. The smallest absolute Gasteiger partial charge is 0.307 e. The Morgan fingerprint density at radius 2 is 0.947 bits per heavy atom. The zero-order chi connectivity index (χ0) is 54.5. The number of benzene rings is 2. The first-order chi connectivity index (χ1) is 36.1. The van der Waals surface area contributed by atoms with E-state index in [2.05, 4.69) is 61.5 Å². The molecule has 2 N–H and O–H groups in total. The number of hydrogen-bond acceptors (Lipinski definition) is 12. The predicted molar refractivity (Wildman–Crippen MR) is 279 cm³/mol. The molecule has 4 heterocycles. The summed E-state index contributed by atoms with van der Waals surface area (Å²) in [6.45, 7) is 12.9. The van der Waals surface area contributed by atoms with Gasteiger partial charge in [0.15, 0.2) is 0 Å². The molecule has 0 bridgehead atoms. The van der Waals surface area contributed by atoms with Crippen molar-refractivity contribution < 1.29 is 57.0 Å². The third-order valence-electron chi connectivity index (χ3n) is 15.7. The van der Waals surface area contributed by atoms with Crippen molar-refractivity contribution in [2.45, 2.75) is 116 Å². The fraction of sp³-hybridized carbons (Fsp3) is 0.433. The highest BCUT2D eigenvalue weighted by atomic mass is 19.1. The minimum absolute atomic E-state index is 0.247. The Morgan fingerprint density at radius 3 is 1.28 bits per heavy atom. The van der Waals surface area contributed by atoms with Crippen molar-refractivity contribution in [3.63, 3.8) is 0 Å². The number of ether oxygens (including phenoxy) is 6. The van der Waals surface area contributed by atoms with Crippen molar-refractivity contribution in [1.82, 2.24) is 19.9 Å². The molecular formula is C60H66F2N4O10. The van der Waals surface area contributed by atoms with E-state index in [0.29, 0.717) is 58.6 Å². The van der Waals surface area contributed by atoms with E-state index in [1.807, 2.05) is 60.9 Å². The van der Waals surface area contributed by atoms with Gasteiger partial charge in [-0.2, -0.15) is 0 Å². The van der Waals surface area contributed by atoms with E-state index in [1.165, 1.54) is 14.2 Å². The second-order valence-corrected chi connectivity index (χ2v) is 22.7. The van der Waals surface area contributed by atoms with E-state index in [0.717, 1.165) is 82.6 Å². The van der Waals surface area contributed by atoms with E-state index in [9.17, 15) is 28.6 Å². The molecule has 4 aliphatic carbocycles. The fourth-order valence-corrected chi connectivity index (χ4v) is 11.8. The molecule has 0 radical (unpaired) electrons. The number of rotatable bonds is 16. The number of aromatic nitrogens is 4. The quantitative estimate of drug-likeness (QED) is 0.0934. The van der Waals surface area contributed by atoms with Gasteiger partial charge in [-0.3, -0.25) is 9.59 Å². The van der Waals surface area contributed by atoms with Crippen LogP contribution in [0.5, 0.6) is 23.5 Å². The molecule has 4 aliphatic rings. The number of aliphatic carboxylic acids is 2. The standard InChI is InChI=1S/2C30H33FN2O5/c2*1-29(2,3)27(37-5)21-10-17(6-7-19(21)20-11-25(36-4)33-15-24(20)31)16-38-26-12-22-18(14-32-26)8-9-30(22)13-23(30)28(34)35/h2*6-7,10-12,14-15,23,27H,8-9,13,16H2,1-5H3,(H,34,35)/t23-,27+,30-;23-,27-,30-/m11/s1. The fourth-order valence-electron chi connectivity index (χ4n) is 11.8. The average Bonchev–Trinajstić information content (AvgIpc) is 4.31. The van der Waals surface area contributed by atoms with Crippen LogP contribution in [0.15, 0.2) is 85.5 Å². The molecule has 2 aromatic carbocycles. The molecule has 10 rings (SSSR count). The average molecular weight is 1040 g/mol. The lowest BCUT2D eigenvalue weighted by Gasteiger charge is -2.32. The maximum Gasteiger partial charge on any atom is 0.307 e. The van der Waals surface area contributed by atoms with Gasteiger partial charge in [-0.25, -0.2) is 28.7 Å². The molecular weight excluding hydrogens is 975 g/mol. The number of pyridine rings is 4. The molecule has 16 heteroatoms. The molecule has 0 saturated heterocycles.